The normalized spacial score (nSPS) is 12.3. The fourth-order valence-corrected chi connectivity index (χ4v) is 2.40. The molecule has 0 aliphatic heterocycles. The second-order valence-corrected chi connectivity index (χ2v) is 6.71. The van der Waals surface area contributed by atoms with Crippen molar-refractivity contribution in [3.05, 3.63) is 17.5 Å². The second-order valence-electron chi connectivity index (χ2n) is 4.40. The van der Waals surface area contributed by atoms with Crippen LogP contribution in [0, 0.1) is 0 Å². The lowest BCUT2D eigenvalue weighted by Crippen LogP contribution is -2.31. The van der Waals surface area contributed by atoms with Crippen molar-refractivity contribution in [1.29, 1.82) is 0 Å². The van der Waals surface area contributed by atoms with E-state index in [1.807, 2.05) is 13.2 Å². The van der Waals surface area contributed by atoms with Gasteiger partial charge in [0.2, 0.25) is 10.0 Å². The third-order valence-electron chi connectivity index (χ3n) is 2.74. The molecule has 0 atom stereocenters. The maximum Gasteiger partial charge on any atom is 0.214 e. The monoisotopic (exact) mass is 274 g/mol. The van der Waals surface area contributed by atoms with Crippen LogP contribution in [0.1, 0.15) is 18.2 Å². The van der Waals surface area contributed by atoms with Crippen molar-refractivity contribution in [3.63, 3.8) is 0 Å². The van der Waals surface area contributed by atoms with Gasteiger partial charge in [0.05, 0.1) is 11.4 Å². The van der Waals surface area contributed by atoms with Crippen molar-refractivity contribution in [2.24, 2.45) is 7.05 Å². The second kappa shape index (κ2) is 6.31. The average Bonchev–Trinajstić information content (AvgIpc) is 2.65. The Labute approximate surface area is 109 Å². The van der Waals surface area contributed by atoms with Gasteiger partial charge < -0.3 is 5.32 Å². The van der Waals surface area contributed by atoms with Gasteiger partial charge in [-0.2, -0.15) is 5.10 Å². The molecule has 0 aliphatic carbocycles. The lowest BCUT2D eigenvalue weighted by atomic mass is 10.2. The lowest BCUT2D eigenvalue weighted by Gasteiger charge is -2.11. The Balaban J connectivity index is 2.43. The minimum Gasteiger partial charge on any atom is -0.311 e. The van der Waals surface area contributed by atoms with Crippen LogP contribution in [-0.4, -0.2) is 48.9 Å². The number of sulfonamides is 1. The first-order chi connectivity index (χ1) is 8.36. The van der Waals surface area contributed by atoms with Crippen LogP contribution in [0.15, 0.2) is 6.20 Å². The zero-order valence-electron chi connectivity index (χ0n) is 11.5. The van der Waals surface area contributed by atoms with Gasteiger partial charge in [-0.3, -0.25) is 4.68 Å². The zero-order chi connectivity index (χ0) is 13.8. The van der Waals surface area contributed by atoms with E-state index in [2.05, 4.69) is 17.3 Å². The molecule has 6 nitrogen and oxygen atoms in total. The predicted octanol–water partition coefficient (Wildman–Crippen LogP) is -0.0365. The summed E-state index contributed by atoms with van der Waals surface area (Å²) in [5.41, 5.74) is 2.18. The molecular weight excluding hydrogens is 252 g/mol. The Kier molecular flexibility index (Phi) is 5.30. The van der Waals surface area contributed by atoms with E-state index in [0.717, 1.165) is 17.7 Å². The molecule has 7 heteroatoms. The van der Waals surface area contributed by atoms with E-state index in [0.29, 0.717) is 13.1 Å². The number of aromatic nitrogens is 2. The number of nitrogens with zero attached hydrogens (tertiary/aromatic N) is 3. The van der Waals surface area contributed by atoms with Crippen LogP contribution in [-0.2, 0) is 30.0 Å². The largest absolute Gasteiger partial charge is 0.311 e. The average molecular weight is 274 g/mol. The molecule has 1 N–H and O–H groups in total. The molecule has 0 saturated heterocycles. The summed E-state index contributed by atoms with van der Waals surface area (Å²) in [4.78, 5) is 0. The molecule has 1 rings (SSSR count). The van der Waals surface area contributed by atoms with Gasteiger partial charge in [0.25, 0.3) is 0 Å². The summed E-state index contributed by atoms with van der Waals surface area (Å²) >= 11 is 0. The molecular formula is C11H22N4O2S. The molecule has 1 aromatic rings. The molecule has 18 heavy (non-hydrogen) atoms. The van der Waals surface area contributed by atoms with Crippen LogP contribution in [0.2, 0.25) is 0 Å². The summed E-state index contributed by atoms with van der Waals surface area (Å²) < 4.78 is 26.1. The van der Waals surface area contributed by atoms with Gasteiger partial charge in [-0.1, -0.05) is 6.92 Å². The maximum atomic E-state index is 11.5. The van der Waals surface area contributed by atoms with Crippen molar-refractivity contribution in [2.75, 3.05) is 26.4 Å². The maximum absolute atomic E-state index is 11.5. The Hall–Kier alpha value is -0.920. The fourth-order valence-electron chi connectivity index (χ4n) is 1.64. The standard InChI is InChI=1S/C11H22N4O2S/c1-5-11-10(9-15(4)13-11)8-12-6-7-18(16,17)14(2)3/h9,12H,5-8H2,1-4H3. The van der Waals surface area contributed by atoms with E-state index < -0.39 is 10.0 Å². The van der Waals surface area contributed by atoms with Gasteiger partial charge in [-0.05, 0) is 6.42 Å². The van der Waals surface area contributed by atoms with Crippen molar-refractivity contribution < 1.29 is 8.42 Å². The first kappa shape index (κ1) is 15.1. The molecule has 104 valence electrons. The van der Waals surface area contributed by atoms with Crippen molar-refractivity contribution in [3.8, 4) is 0 Å². The summed E-state index contributed by atoms with van der Waals surface area (Å²) in [7, 11) is 1.87. The molecule has 0 saturated carbocycles. The van der Waals surface area contributed by atoms with Gasteiger partial charge in [0, 0.05) is 46.0 Å². The molecule has 0 unspecified atom stereocenters. The Morgan fingerprint density at radius 2 is 2.11 bits per heavy atom. The molecule has 0 fully saturated rings. The highest BCUT2D eigenvalue weighted by Gasteiger charge is 2.12. The van der Waals surface area contributed by atoms with Crippen molar-refractivity contribution >= 4 is 10.0 Å². The van der Waals surface area contributed by atoms with E-state index in [-0.39, 0.29) is 5.75 Å². The van der Waals surface area contributed by atoms with Gasteiger partial charge in [0.1, 0.15) is 0 Å². The van der Waals surface area contributed by atoms with E-state index in [4.69, 9.17) is 0 Å². The number of aryl methyl sites for hydroxylation is 2. The van der Waals surface area contributed by atoms with Crippen LogP contribution >= 0.6 is 0 Å². The van der Waals surface area contributed by atoms with Crippen LogP contribution in [0.3, 0.4) is 0 Å². The minimum absolute atomic E-state index is 0.113. The number of hydrogen-bond acceptors (Lipinski definition) is 4. The van der Waals surface area contributed by atoms with Crippen LogP contribution in [0.25, 0.3) is 0 Å². The van der Waals surface area contributed by atoms with Crippen LogP contribution in [0.5, 0.6) is 0 Å². The molecule has 0 aliphatic rings. The molecule has 1 aromatic heterocycles. The fraction of sp³-hybridized carbons (Fsp3) is 0.727. The topological polar surface area (TPSA) is 67.2 Å². The smallest absolute Gasteiger partial charge is 0.214 e. The molecule has 0 bridgehead atoms. The van der Waals surface area contributed by atoms with E-state index >= 15 is 0 Å². The predicted molar refractivity (Wildman–Crippen MR) is 71.8 cm³/mol. The molecule has 0 amide bonds. The summed E-state index contributed by atoms with van der Waals surface area (Å²) in [6.45, 7) is 3.15. The third-order valence-corrected chi connectivity index (χ3v) is 4.57. The minimum atomic E-state index is -3.11. The number of rotatable bonds is 7. The van der Waals surface area contributed by atoms with E-state index in [1.54, 1.807) is 18.8 Å². The first-order valence-corrected chi connectivity index (χ1v) is 7.60. The van der Waals surface area contributed by atoms with Gasteiger partial charge in [-0.15, -0.1) is 0 Å². The highest BCUT2D eigenvalue weighted by molar-refractivity contribution is 7.89. The van der Waals surface area contributed by atoms with Crippen molar-refractivity contribution in [1.82, 2.24) is 19.4 Å². The lowest BCUT2D eigenvalue weighted by molar-refractivity contribution is 0.517. The molecule has 0 aromatic carbocycles. The summed E-state index contributed by atoms with van der Waals surface area (Å²) in [5, 5.41) is 7.48. The van der Waals surface area contributed by atoms with Gasteiger partial charge in [-0.25, -0.2) is 12.7 Å². The SMILES string of the molecule is CCc1nn(C)cc1CNCCS(=O)(=O)N(C)C. The summed E-state index contributed by atoms with van der Waals surface area (Å²) in [5.74, 6) is 0.113. The van der Waals surface area contributed by atoms with Gasteiger partial charge in [0.15, 0.2) is 0 Å². The van der Waals surface area contributed by atoms with Crippen molar-refractivity contribution in [2.45, 2.75) is 19.9 Å². The Morgan fingerprint density at radius 1 is 1.44 bits per heavy atom. The number of nitrogens with one attached hydrogen (secondary N) is 1. The highest BCUT2D eigenvalue weighted by Crippen LogP contribution is 2.06. The van der Waals surface area contributed by atoms with E-state index in [9.17, 15) is 8.42 Å². The molecule has 0 radical (unpaired) electrons. The Morgan fingerprint density at radius 3 is 2.67 bits per heavy atom. The van der Waals surface area contributed by atoms with E-state index in [1.165, 1.54) is 4.31 Å². The number of hydrogen-bond donors (Lipinski definition) is 1. The Bertz CT molecular complexity index is 479. The van der Waals surface area contributed by atoms with Crippen LogP contribution in [0.4, 0.5) is 0 Å². The summed E-state index contributed by atoms with van der Waals surface area (Å²) in [6.07, 6.45) is 2.85. The highest BCUT2D eigenvalue weighted by atomic mass is 32.2. The zero-order valence-corrected chi connectivity index (χ0v) is 12.3. The molecule has 0 spiro atoms. The van der Waals surface area contributed by atoms with Crippen LogP contribution < -0.4 is 5.32 Å². The third kappa shape index (κ3) is 4.08. The van der Waals surface area contributed by atoms with Gasteiger partial charge >= 0.3 is 0 Å². The first-order valence-electron chi connectivity index (χ1n) is 5.99. The summed E-state index contributed by atoms with van der Waals surface area (Å²) in [6, 6.07) is 0. The molecule has 1 heterocycles. The quantitative estimate of drug-likeness (QED) is 0.709.